The van der Waals surface area contributed by atoms with Crippen LogP contribution in [-0.2, 0) is 10.2 Å². The first kappa shape index (κ1) is 13.6. The van der Waals surface area contributed by atoms with Crippen LogP contribution in [-0.4, -0.2) is 41.3 Å². The van der Waals surface area contributed by atoms with Crippen LogP contribution in [0.5, 0.6) is 0 Å². The molecule has 0 saturated carbocycles. The molecule has 1 heterocycles. The molecule has 0 bridgehead atoms. The van der Waals surface area contributed by atoms with E-state index in [4.69, 9.17) is 4.74 Å². The van der Waals surface area contributed by atoms with Crippen molar-refractivity contribution < 1.29 is 9.53 Å². The summed E-state index contributed by atoms with van der Waals surface area (Å²) in [5.41, 5.74) is -0.137. The molecule has 0 aliphatic rings. The molecule has 1 aromatic rings. The number of hydrogen-bond donors (Lipinski definition) is 2. The molecule has 1 rings (SSSR count). The number of rotatable bonds is 5. The number of H-pyrrole nitrogens is 1. The van der Waals surface area contributed by atoms with Gasteiger partial charge >= 0.3 is 0 Å². The highest BCUT2D eigenvalue weighted by atomic mass is 16.5. The van der Waals surface area contributed by atoms with E-state index in [2.05, 4.69) is 20.5 Å². The number of hydrogen-bond acceptors (Lipinski definition) is 4. The Bertz CT molecular complexity index is 368. The maximum absolute atomic E-state index is 11.7. The lowest BCUT2D eigenvalue weighted by Gasteiger charge is -2.12. The van der Waals surface area contributed by atoms with Gasteiger partial charge in [-0.3, -0.25) is 9.89 Å². The highest BCUT2D eigenvalue weighted by Crippen LogP contribution is 2.17. The van der Waals surface area contributed by atoms with Crippen LogP contribution in [0.4, 0.5) is 0 Å². The zero-order chi connectivity index (χ0) is 12.9. The topological polar surface area (TPSA) is 79.9 Å². The van der Waals surface area contributed by atoms with Crippen molar-refractivity contribution in [1.82, 2.24) is 20.5 Å². The highest BCUT2D eigenvalue weighted by Gasteiger charge is 2.20. The van der Waals surface area contributed by atoms with Gasteiger partial charge in [-0.15, -0.1) is 5.10 Å². The average molecular weight is 240 g/mol. The fraction of sp³-hybridized carbons (Fsp3) is 0.727. The maximum Gasteiger partial charge on any atom is 0.290 e. The number of methoxy groups -OCH3 is 1. The molecule has 0 radical (unpaired) electrons. The van der Waals surface area contributed by atoms with Gasteiger partial charge < -0.3 is 10.1 Å². The molecule has 0 aliphatic carbocycles. The van der Waals surface area contributed by atoms with Gasteiger partial charge in [0, 0.05) is 25.7 Å². The number of aromatic amines is 1. The van der Waals surface area contributed by atoms with Gasteiger partial charge in [0.2, 0.25) is 5.82 Å². The van der Waals surface area contributed by atoms with Gasteiger partial charge in [-0.2, -0.15) is 0 Å². The van der Waals surface area contributed by atoms with Crippen molar-refractivity contribution in [3.8, 4) is 0 Å². The summed E-state index contributed by atoms with van der Waals surface area (Å²) in [6.45, 7) is 7.21. The van der Waals surface area contributed by atoms with Crippen molar-refractivity contribution in [2.24, 2.45) is 0 Å². The zero-order valence-corrected chi connectivity index (χ0v) is 10.8. The normalized spacial score (nSPS) is 11.5. The lowest BCUT2D eigenvalue weighted by Crippen LogP contribution is -2.26. The Hall–Kier alpha value is -1.43. The number of carbonyl (C=O) groups excluding carboxylic acids is 1. The molecule has 0 aromatic carbocycles. The fourth-order valence-electron chi connectivity index (χ4n) is 1.20. The van der Waals surface area contributed by atoms with E-state index in [1.165, 1.54) is 0 Å². The van der Waals surface area contributed by atoms with Crippen LogP contribution >= 0.6 is 0 Å². The first-order chi connectivity index (χ1) is 7.95. The van der Waals surface area contributed by atoms with Crippen LogP contribution in [0.15, 0.2) is 0 Å². The van der Waals surface area contributed by atoms with Crippen molar-refractivity contribution in [1.29, 1.82) is 0 Å². The van der Waals surface area contributed by atoms with Crippen molar-refractivity contribution in [3.63, 3.8) is 0 Å². The molecule has 96 valence electrons. The fourth-order valence-corrected chi connectivity index (χ4v) is 1.20. The lowest BCUT2D eigenvalue weighted by molar-refractivity contribution is 0.0938. The zero-order valence-electron chi connectivity index (χ0n) is 10.8. The average Bonchev–Trinajstić information content (AvgIpc) is 2.72. The van der Waals surface area contributed by atoms with E-state index in [-0.39, 0.29) is 17.1 Å². The van der Waals surface area contributed by atoms with E-state index in [9.17, 15) is 4.79 Å². The van der Waals surface area contributed by atoms with E-state index in [0.29, 0.717) is 19.0 Å². The highest BCUT2D eigenvalue weighted by molar-refractivity contribution is 5.90. The second-order valence-electron chi connectivity index (χ2n) is 4.86. The minimum atomic E-state index is -0.257. The summed E-state index contributed by atoms with van der Waals surface area (Å²) in [6.07, 6.45) is 0.777. The molecule has 6 heteroatoms. The summed E-state index contributed by atoms with van der Waals surface area (Å²) >= 11 is 0. The van der Waals surface area contributed by atoms with Gasteiger partial charge in [-0.25, -0.2) is 4.98 Å². The van der Waals surface area contributed by atoms with Crippen LogP contribution < -0.4 is 5.32 Å². The number of amides is 1. The molecule has 2 N–H and O–H groups in total. The summed E-state index contributed by atoms with van der Waals surface area (Å²) in [7, 11) is 1.63. The van der Waals surface area contributed by atoms with Crippen LogP contribution in [0.2, 0.25) is 0 Å². The standard InChI is InChI=1S/C11H20N4O2/c1-11(2,3)10-13-8(14-15-10)9(16)12-6-5-7-17-4/h5-7H2,1-4H3,(H,12,16)(H,13,14,15). The predicted octanol–water partition coefficient (Wildman–Crippen LogP) is 0.868. The third kappa shape index (κ3) is 4.14. The Kier molecular flexibility index (Phi) is 4.62. The van der Waals surface area contributed by atoms with Crippen molar-refractivity contribution in [3.05, 3.63) is 11.6 Å². The molecule has 0 saturated heterocycles. The van der Waals surface area contributed by atoms with Crippen LogP contribution in [0.25, 0.3) is 0 Å². The van der Waals surface area contributed by atoms with Crippen molar-refractivity contribution >= 4 is 5.91 Å². The minimum absolute atomic E-state index is 0.137. The van der Waals surface area contributed by atoms with Crippen molar-refractivity contribution in [2.45, 2.75) is 32.6 Å². The number of nitrogens with one attached hydrogen (secondary N) is 2. The molecule has 1 aromatic heterocycles. The quantitative estimate of drug-likeness (QED) is 0.748. The predicted molar refractivity (Wildman–Crippen MR) is 63.9 cm³/mol. The van der Waals surface area contributed by atoms with Crippen molar-refractivity contribution in [2.75, 3.05) is 20.3 Å². The summed E-state index contributed by atoms with van der Waals surface area (Å²) < 4.78 is 4.89. The molecule has 0 spiro atoms. The summed E-state index contributed by atoms with van der Waals surface area (Å²) in [4.78, 5) is 15.8. The Morgan fingerprint density at radius 1 is 1.47 bits per heavy atom. The van der Waals surface area contributed by atoms with Crippen LogP contribution in [0.3, 0.4) is 0 Å². The summed E-state index contributed by atoms with van der Waals surface area (Å²) in [5, 5.41) is 9.42. The van der Waals surface area contributed by atoms with Gasteiger partial charge in [0.15, 0.2) is 0 Å². The Morgan fingerprint density at radius 2 is 2.18 bits per heavy atom. The van der Waals surface area contributed by atoms with Gasteiger partial charge in [0.25, 0.3) is 5.91 Å². The molecule has 1 amide bonds. The third-order valence-corrected chi connectivity index (χ3v) is 2.21. The smallest absolute Gasteiger partial charge is 0.290 e. The largest absolute Gasteiger partial charge is 0.385 e. The molecule has 0 unspecified atom stereocenters. The van der Waals surface area contributed by atoms with Gasteiger partial charge in [0.05, 0.1) is 0 Å². The summed E-state index contributed by atoms with van der Waals surface area (Å²) in [6, 6.07) is 0. The van der Waals surface area contributed by atoms with E-state index in [0.717, 1.165) is 6.42 Å². The molecule has 17 heavy (non-hydrogen) atoms. The van der Waals surface area contributed by atoms with E-state index in [1.807, 2.05) is 20.8 Å². The Balaban J connectivity index is 2.50. The van der Waals surface area contributed by atoms with Crippen LogP contribution in [0.1, 0.15) is 43.6 Å². The second-order valence-corrected chi connectivity index (χ2v) is 4.86. The molecule has 0 aliphatic heterocycles. The van der Waals surface area contributed by atoms with Gasteiger partial charge in [-0.1, -0.05) is 20.8 Å². The molecule has 0 atom stereocenters. The van der Waals surface area contributed by atoms with Gasteiger partial charge in [-0.05, 0) is 6.42 Å². The summed E-state index contributed by atoms with van der Waals surface area (Å²) in [5.74, 6) is 0.639. The third-order valence-electron chi connectivity index (χ3n) is 2.21. The second kappa shape index (κ2) is 5.77. The Morgan fingerprint density at radius 3 is 2.71 bits per heavy atom. The minimum Gasteiger partial charge on any atom is -0.385 e. The number of carbonyl (C=O) groups is 1. The molecular weight excluding hydrogens is 220 g/mol. The number of aromatic nitrogens is 3. The molecular formula is C11H20N4O2. The lowest BCUT2D eigenvalue weighted by atomic mass is 9.96. The Labute approximate surface area is 101 Å². The number of nitrogens with zero attached hydrogens (tertiary/aromatic N) is 2. The first-order valence-electron chi connectivity index (χ1n) is 5.65. The number of ether oxygens (including phenoxy) is 1. The monoisotopic (exact) mass is 240 g/mol. The molecule has 6 nitrogen and oxygen atoms in total. The van der Waals surface area contributed by atoms with E-state index >= 15 is 0 Å². The maximum atomic E-state index is 11.7. The first-order valence-corrected chi connectivity index (χ1v) is 5.65. The SMILES string of the molecule is COCCCNC(=O)c1n[nH]c(C(C)(C)C)n1. The van der Waals surface area contributed by atoms with E-state index in [1.54, 1.807) is 7.11 Å². The van der Waals surface area contributed by atoms with Gasteiger partial charge in [0.1, 0.15) is 5.82 Å². The van der Waals surface area contributed by atoms with Crippen LogP contribution in [0, 0.1) is 0 Å². The van der Waals surface area contributed by atoms with E-state index < -0.39 is 0 Å². The molecule has 0 fully saturated rings.